The van der Waals surface area contributed by atoms with E-state index in [0.717, 1.165) is 28.3 Å². The van der Waals surface area contributed by atoms with Gasteiger partial charge in [0.05, 0.1) is 34.1 Å². The van der Waals surface area contributed by atoms with E-state index < -0.39 is 0 Å². The molecule has 0 radical (unpaired) electrons. The number of allylic oxidation sites excluding steroid dienone is 1. The lowest BCUT2D eigenvalue weighted by molar-refractivity contribution is 0.102. The molecule has 0 fully saturated rings. The van der Waals surface area contributed by atoms with Gasteiger partial charge in [-0.2, -0.15) is 5.10 Å². The van der Waals surface area contributed by atoms with Crippen molar-refractivity contribution in [1.82, 2.24) is 9.78 Å². The van der Waals surface area contributed by atoms with Crippen LogP contribution in [0, 0.1) is 0 Å². The largest absolute Gasteiger partial charge is 0.497 e. The van der Waals surface area contributed by atoms with Crippen LogP contribution in [0.1, 0.15) is 34.5 Å². The molecule has 0 saturated carbocycles. The molecule has 1 aromatic heterocycles. The molecule has 9 heteroatoms. The van der Waals surface area contributed by atoms with Crippen LogP contribution in [-0.2, 0) is 0 Å². The number of fused-ring (bicyclic) bond motifs is 1. The normalized spacial score (nSPS) is 13.9. The third-order valence-corrected chi connectivity index (χ3v) is 6.44. The number of ether oxygens (including phenoxy) is 4. The Morgan fingerprint density at radius 3 is 2.49 bits per heavy atom. The molecule has 5 rings (SSSR count). The number of para-hydroxylation sites is 1. The highest BCUT2D eigenvalue weighted by Gasteiger charge is 2.30. The van der Waals surface area contributed by atoms with E-state index in [1.807, 2.05) is 67.6 Å². The van der Waals surface area contributed by atoms with E-state index in [0.29, 0.717) is 35.2 Å². The van der Waals surface area contributed by atoms with E-state index in [1.54, 1.807) is 44.3 Å². The van der Waals surface area contributed by atoms with E-state index >= 15 is 0 Å². The molecule has 1 aliphatic heterocycles. The van der Waals surface area contributed by atoms with Crippen molar-refractivity contribution in [2.24, 2.45) is 0 Å². The molecular weight excluding hydrogens is 496 g/mol. The second kappa shape index (κ2) is 11.2. The first-order valence-electron chi connectivity index (χ1n) is 12.5. The summed E-state index contributed by atoms with van der Waals surface area (Å²) < 4.78 is 24.0. The van der Waals surface area contributed by atoms with Crippen LogP contribution in [0.25, 0.3) is 5.70 Å². The van der Waals surface area contributed by atoms with Gasteiger partial charge in [0.15, 0.2) is 11.5 Å². The fourth-order valence-corrected chi connectivity index (χ4v) is 4.59. The number of anilines is 2. The van der Waals surface area contributed by atoms with Crippen LogP contribution in [0.3, 0.4) is 0 Å². The van der Waals surface area contributed by atoms with Gasteiger partial charge in [-0.3, -0.25) is 4.79 Å². The van der Waals surface area contributed by atoms with Crippen LogP contribution >= 0.6 is 0 Å². The molecule has 200 valence electrons. The molecule has 1 atom stereocenters. The fourth-order valence-electron chi connectivity index (χ4n) is 4.59. The highest BCUT2D eigenvalue weighted by Crippen LogP contribution is 2.42. The van der Waals surface area contributed by atoms with Crippen LogP contribution in [0.5, 0.6) is 23.0 Å². The Kier molecular flexibility index (Phi) is 7.40. The Balaban J connectivity index is 1.56. The van der Waals surface area contributed by atoms with Gasteiger partial charge in [-0.1, -0.05) is 24.3 Å². The van der Waals surface area contributed by atoms with E-state index in [-0.39, 0.29) is 11.9 Å². The number of carbonyl (C=O) groups is 1. The Bertz CT molecular complexity index is 1510. The third kappa shape index (κ3) is 5.11. The number of carbonyl (C=O) groups excluding carboxylic acids is 1. The molecule has 0 aliphatic carbocycles. The van der Waals surface area contributed by atoms with Crippen molar-refractivity contribution in [1.29, 1.82) is 0 Å². The number of methoxy groups -OCH3 is 3. The number of nitrogens with zero attached hydrogens (tertiary/aromatic N) is 2. The fraction of sp³-hybridized carbons (Fsp3) is 0.200. The van der Waals surface area contributed by atoms with E-state index in [4.69, 9.17) is 18.9 Å². The van der Waals surface area contributed by atoms with Crippen molar-refractivity contribution in [2.75, 3.05) is 38.6 Å². The molecule has 3 aromatic carbocycles. The summed E-state index contributed by atoms with van der Waals surface area (Å²) in [6.45, 7) is 2.50. The molecule has 9 nitrogen and oxygen atoms in total. The minimum atomic E-state index is -0.389. The SMILES string of the molecule is CCOc1ccc(NC(=O)c2cnn3c2NC(c2cccc(OC)c2)=C[C@H]3c2cccc(OC)c2OC)cc1. The van der Waals surface area contributed by atoms with Gasteiger partial charge < -0.3 is 29.6 Å². The zero-order chi connectivity index (χ0) is 27.4. The molecule has 1 aliphatic rings. The summed E-state index contributed by atoms with van der Waals surface area (Å²) in [5.74, 6) is 2.91. The molecule has 2 heterocycles. The molecule has 39 heavy (non-hydrogen) atoms. The van der Waals surface area contributed by atoms with Gasteiger partial charge in [-0.15, -0.1) is 0 Å². The lowest BCUT2D eigenvalue weighted by Gasteiger charge is -2.27. The minimum absolute atomic E-state index is 0.295. The smallest absolute Gasteiger partial charge is 0.261 e. The average molecular weight is 527 g/mol. The summed E-state index contributed by atoms with van der Waals surface area (Å²) >= 11 is 0. The summed E-state index contributed by atoms with van der Waals surface area (Å²) in [6, 6.07) is 20.3. The number of amides is 1. The van der Waals surface area contributed by atoms with Crippen LogP contribution in [-0.4, -0.2) is 43.6 Å². The first-order chi connectivity index (χ1) is 19.1. The van der Waals surface area contributed by atoms with Crippen molar-refractivity contribution >= 4 is 23.1 Å². The molecule has 0 bridgehead atoms. The number of hydrogen-bond acceptors (Lipinski definition) is 7. The van der Waals surface area contributed by atoms with Gasteiger partial charge in [-0.25, -0.2) is 4.68 Å². The summed E-state index contributed by atoms with van der Waals surface area (Å²) in [7, 11) is 4.84. The summed E-state index contributed by atoms with van der Waals surface area (Å²) in [4.78, 5) is 13.4. The molecule has 0 unspecified atom stereocenters. The number of nitrogens with one attached hydrogen (secondary N) is 2. The maximum Gasteiger partial charge on any atom is 0.261 e. The lowest BCUT2D eigenvalue weighted by Crippen LogP contribution is -2.22. The number of benzene rings is 3. The van der Waals surface area contributed by atoms with Gasteiger partial charge in [0.1, 0.15) is 28.9 Å². The average Bonchev–Trinajstić information content (AvgIpc) is 3.41. The van der Waals surface area contributed by atoms with Gasteiger partial charge >= 0.3 is 0 Å². The van der Waals surface area contributed by atoms with Gasteiger partial charge in [0.2, 0.25) is 0 Å². The maximum atomic E-state index is 13.4. The monoisotopic (exact) mass is 526 g/mol. The van der Waals surface area contributed by atoms with Crippen LogP contribution in [0.4, 0.5) is 11.5 Å². The van der Waals surface area contributed by atoms with Gasteiger partial charge in [0, 0.05) is 22.5 Å². The van der Waals surface area contributed by atoms with Crippen molar-refractivity contribution in [3.63, 3.8) is 0 Å². The molecule has 2 N–H and O–H groups in total. The molecule has 1 amide bonds. The molecule has 4 aromatic rings. The predicted molar refractivity (Wildman–Crippen MR) is 150 cm³/mol. The van der Waals surface area contributed by atoms with Crippen molar-refractivity contribution in [2.45, 2.75) is 13.0 Å². The van der Waals surface area contributed by atoms with Crippen LogP contribution in [0.2, 0.25) is 0 Å². The third-order valence-electron chi connectivity index (χ3n) is 6.44. The van der Waals surface area contributed by atoms with Crippen LogP contribution in [0.15, 0.2) is 79.0 Å². The maximum absolute atomic E-state index is 13.4. The molecular formula is C30H30N4O5. The number of rotatable bonds is 9. The van der Waals surface area contributed by atoms with E-state index in [9.17, 15) is 4.79 Å². The Morgan fingerprint density at radius 1 is 0.974 bits per heavy atom. The molecule has 0 saturated heterocycles. The van der Waals surface area contributed by atoms with Crippen LogP contribution < -0.4 is 29.6 Å². The standard InChI is InChI=1S/C30H30N4O5/c1-5-39-21-14-12-20(13-15-21)32-30(35)24-18-31-34-26(23-10-7-11-27(37-3)28(23)38-4)17-25(33-29(24)34)19-8-6-9-22(16-19)36-2/h6-18,26,33H,5H2,1-4H3,(H,32,35)/t26-/m0/s1. The Hall–Kier alpha value is -4.92. The quantitative estimate of drug-likeness (QED) is 0.292. The Labute approximate surface area is 227 Å². The first-order valence-corrected chi connectivity index (χ1v) is 12.5. The Morgan fingerprint density at radius 2 is 1.77 bits per heavy atom. The van der Waals surface area contributed by atoms with Crippen molar-refractivity contribution < 1.29 is 23.7 Å². The summed E-state index contributed by atoms with van der Waals surface area (Å²) in [5.41, 5.74) is 3.57. The number of aromatic nitrogens is 2. The second-order valence-corrected chi connectivity index (χ2v) is 8.73. The first kappa shape index (κ1) is 25.7. The summed E-state index contributed by atoms with van der Waals surface area (Å²) in [5, 5.41) is 11.0. The van der Waals surface area contributed by atoms with Gasteiger partial charge in [-0.05, 0) is 55.5 Å². The van der Waals surface area contributed by atoms with Crippen molar-refractivity contribution in [3.05, 3.63) is 95.7 Å². The highest BCUT2D eigenvalue weighted by molar-refractivity contribution is 6.08. The zero-order valence-corrected chi connectivity index (χ0v) is 22.2. The van der Waals surface area contributed by atoms with E-state index in [2.05, 4.69) is 15.7 Å². The predicted octanol–water partition coefficient (Wildman–Crippen LogP) is 5.62. The van der Waals surface area contributed by atoms with Crippen molar-refractivity contribution in [3.8, 4) is 23.0 Å². The van der Waals surface area contributed by atoms with Gasteiger partial charge in [0.25, 0.3) is 5.91 Å². The van der Waals surface area contributed by atoms with E-state index in [1.165, 1.54) is 0 Å². The molecule has 0 spiro atoms. The topological polar surface area (TPSA) is 95.9 Å². The lowest BCUT2D eigenvalue weighted by atomic mass is 9.99. The highest BCUT2D eigenvalue weighted by atomic mass is 16.5. The summed E-state index contributed by atoms with van der Waals surface area (Å²) in [6.07, 6.45) is 3.61. The zero-order valence-electron chi connectivity index (χ0n) is 22.2. The minimum Gasteiger partial charge on any atom is -0.497 e. The number of hydrogen-bond donors (Lipinski definition) is 2. The second-order valence-electron chi connectivity index (χ2n) is 8.73.